The van der Waals surface area contributed by atoms with Gasteiger partial charge in [-0.15, -0.1) is 0 Å². The van der Waals surface area contributed by atoms with Crippen LogP contribution in [-0.2, 0) is 22.7 Å². The number of nitrogens with zero attached hydrogens (tertiary/aromatic N) is 3. The Morgan fingerprint density at radius 1 is 0.600 bits per heavy atom. The van der Waals surface area contributed by atoms with Crippen LogP contribution in [-0.4, -0.2) is 19.6 Å². The van der Waals surface area contributed by atoms with Crippen molar-refractivity contribution in [2.24, 2.45) is 5.92 Å². The van der Waals surface area contributed by atoms with Crippen LogP contribution in [0.1, 0.15) is 149 Å². The summed E-state index contributed by atoms with van der Waals surface area (Å²) in [7, 11) is 0. The average Bonchev–Trinajstić information content (AvgIpc) is 0.846. The fourth-order valence-corrected chi connectivity index (χ4v) is 8.42. The van der Waals surface area contributed by atoms with E-state index in [4.69, 9.17) is 36.0 Å². The van der Waals surface area contributed by atoms with Gasteiger partial charge in [-0.25, -0.2) is 4.98 Å². The Morgan fingerprint density at radius 2 is 1.31 bits per heavy atom. The molecule has 1 N–H and O–H groups in total. The Balaban J connectivity index is 1.58. The van der Waals surface area contributed by atoms with Crippen molar-refractivity contribution in [2.45, 2.75) is 118 Å². The lowest BCUT2D eigenvalue weighted by atomic mass is 9.79. The fraction of sp³-hybridized carbons (Fsp3) is 0.311. The maximum atomic E-state index is 13.1. The summed E-state index contributed by atoms with van der Waals surface area (Å²) in [6, 6.07) is 38.5. The van der Waals surface area contributed by atoms with Gasteiger partial charge in [-0.2, -0.15) is 0 Å². The third-order valence-electron chi connectivity index (χ3n) is 11.9. The van der Waals surface area contributed by atoms with Crippen molar-refractivity contribution in [2.75, 3.05) is 0 Å². The third kappa shape index (κ3) is 9.32. The lowest BCUT2D eigenvalue weighted by molar-refractivity contribution is 0.446. The zero-order valence-electron chi connectivity index (χ0n) is 56.9. The lowest BCUT2D eigenvalue weighted by Crippen LogP contribution is -2.17. The molecule has 2 aromatic heterocycles. The minimum Gasteiger partial charge on any atom is -0.507 e. The summed E-state index contributed by atoms with van der Waals surface area (Å²) in [4.78, 5) is 10.0. The summed E-state index contributed by atoms with van der Waals surface area (Å²) >= 11 is 0. The molecule has 0 aliphatic heterocycles. The molecule has 0 saturated heterocycles. The van der Waals surface area contributed by atoms with Gasteiger partial charge in [0, 0.05) is 54.5 Å². The van der Waals surface area contributed by atoms with Crippen LogP contribution in [0.2, 0.25) is 0 Å². The Labute approximate surface area is 415 Å². The second-order valence-electron chi connectivity index (χ2n) is 18.7. The standard InChI is InChI=1S/C61H67N3O/c1-38(2)30-40-22-27-54(50(31-40)43-18-15-14-16-19-43)64-55-21-17-20-49(56(55)63-58(64)51-36-48(60(8,9)10)37-52(57(51)65)61(11,12)13)45-32-46(34-47(33-45)59(5,6)7)53-35-44(28-29-62-53)42-25-23-41(24-26-42)39(3)4/h14-29,31-39,65H,30H2,1-13H3/i8D3,9D3,10D3,11D3,12D3,13D3,39D. The van der Waals surface area contributed by atoms with E-state index in [0.29, 0.717) is 51.7 Å². The predicted octanol–water partition coefficient (Wildman–Crippen LogP) is 16.7. The lowest BCUT2D eigenvalue weighted by Gasteiger charge is -2.27. The number of aromatic hydroxyl groups is 1. The largest absolute Gasteiger partial charge is 0.507 e. The normalized spacial score (nSPS) is 18.1. The molecule has 332 valence electrons. The number of rotatable bonds is 9. The first-order chi connectivity index (χ1) is 38.5. The quantitative estimate of drug-likeness (QED) is 0.157. The van der Waals surface area contributed by atoms with Crippen molar-refractivity contribution in [3.05, 3.63) is 167 Å². The summed E-state index contributed by atoms with van der Waals surface area (Å²) in [6.07, 6.45) is 2.33. The number of hydrogen-bond donors (Lipinski definition) is 1. The second-order valence-corrected chi connectivity index (χ2v) is 18.7. The van der Waals surface area contributed by atoms with Crippen LogP contribution in [0.3, 0.4) is 0 Å². The molecule has 0 fully saturated rings. The van der Waals surface area contributed by atoms with Crippen LogP contribution in [0.5, 0.6) is 5.75 Å². The Hall–Kier alpha value is -6.26. The summed E-state index contributed by atoms with van der Waals surface area (Å²) in [6.45, 7) is -10.7. The highest BCUT2D eigenvalue weighted by Gasteiger charge is 2.30. The highest BCUT2D eigenvalue weighted by molar-refractivity contribution is 5.98. The Morgan fingerprint density at radius 3 is 1.98 bits per heavy atom. The van der Waals surface area contributed by atoms with E-state index >= 15 is 0 Å². The topological polar surface area (TPSA) is 50.9 Å². The molecule has 8 aromatic rings. The molecule has 0 spiro atoms. The Bertz CT molecular complexity index is 3670. The van der Waals surface area contributed by atoms with Gasteiger partial charge in [0.15, 0.2) is 0 Å². The number of aromatic nitrogens is 3. The Kier molecular flexibility index (Phi) is 7.25. The van der Waals surface area contributed by atoms with Gasteiger partial charge in [0.05, 0.1) is 28.0 Å². The van der Waals surface area contributed by atoms with E-state index in [0.717, 1.165) is 33.9 Å². The summed E-state index contributed by atoms with van der Waals surface area (Å²) in [5, 5.41) is 13.1. The highest BCUT2D eigenvalue weighted by atomic mass is 16.3. The average molecular weight is 877 g/mol. The smallest absolute Gasteiger partial charge is 0.149 e. The number of para-hydroxylation sites is 1. The van der Waals surface area contributed by atoms with Gasteiger partial charge in [0.1, 0.15) is 11.6 Å². The van der Waals surface area contributed by atoms with Crippen molar-refractivity contribution < 1.29 is 31.2 Å². The summed E-state index contributed by atoms with van der Waals surface area (Å²) in [5.74, 6) is -2.38. The number of fused-ring (bicyclic) bond motifs is 1. The van der Waals surface area contributed by atoms with Crippen molar-refractivity contribution in [1.29, 1.82) is 0 Å². The third-order valence-corrected chi connectivity index (χ3v) is 11.9. The number of phenols is 1. The minimum atomic E-state index is -4.14. The van der Waals surface area contributed by atoms with Gasteiger partial charge in [-0.3, -0.25) is 9.55 Å². The first-order valence-corrected chi connectivity index (χ1v) is 21.8. The van der Waals surface area contributed by atoms with E-state index in [2.05, 4.69) is 13.8 Å². The number of pyridine rings is 1. The van der Waals surface area contributed by atoms with Gasteiger partial charge in [0.2, 0.25) is 0 Å². The van der Waals surface area contributed by atoms with Crippen molar-refractivity contribution in [3.63, 3.8) is 0 Å². The molecule has 0 bridgehead atoms. The molecular formula is C61H67N3O. The molecule has 6 aromatic carbocycles. The fourth-order valence-electron chi connectivity index (χ4n) is 8.42. The van der Waals surface area contributed by atoms with Crippen molar-refractivity contribution >= 4 is 11.0 Å². The zero-order chi connectivity index (χ0) is 62.5. The van der Waals surface area contributed by atoms with Gasteiger partial charge in [-0.1, -0.05) is 175 Å². The van der Waals surface area contributed by atoms with E-state index in [1.165, 1.54) is 0 Å². The van der Waals surface area contributed by atoms with E-state index in [-0.39, 0.29) is 17.0 Å². The van der Waals surface area contributed by atoms with Crippen LogP contribution in [0.4, 0.5) is 0 Å². The molecule has 0 saturated carbocycles. The first kappa shape index (κ1) is 27.3. The van der Waals surface area contributed by atoms with E-state index in [1.807, 2.05) is 132 Å². The van der Waals surface area contributed by atoms with E-state index in [1.54, 1.807) is 35.0 Å². The molecular weight excluding hydrogens is 791 g/mol. The second kappa shape index (κ2) is 17.3. The molecule has 0 aliphatic carbocycles. The molecule has 0 unspecified atom stereocenters. The van der Waals surface area contributed by atoms with Crippen LogP contribution in [0, 0.1) is 5.92 Å². The van der Waals surface area contributed by atoms with E-state index in [9.17, 15) is 5.11 Å². The molecule has 0 radical (unpaired) electrons. The zero-order valence-corrected chi connectivity index (χ0v) is 37.9. The van der Waals surface area contributed by atoms with E-state index < -0.39 is 91.5 Å². The summed E-state index contributed by atoms with van der Waals surface area (Å²) in [5.41, 5.74) is -3.31. The van der Waals surface area contributed by atoms with Gasteiger partial charge in [-0.05, 0) is 128 Å². The number of imidazole rings is 1. The van der Waals surface area contributed by atoms with Gasteiger partial charge in [0.25, 0.3) is 0 Å². The van der Waals surface area contributed by atoms with Crippen molar-refractivity contribution in [3.8, 4) is 67.5 Å². The number of phenolic OH excluding ortho intramolecular Hbond substituents is 1. The summed E-state index contributed by atoms with van der Waals surface area (Å²) < 4.78 is 168. The molecule has 0 aliphatic rings. The van der Waals surface area contributed by atoms with Crippen molar-refractivity contribution in [1.82, 2.24) is 14.5 Å². The SMILES string of the molecule is [2H]C(C)(C)c1ccc(-c2ccnc(-c3cc(-c4cccc5c4nc(-c4cc(C(C([2H])([2H])[2H])(C([2H])([2H])[2H])C([2H])([2H])[2H])cc(C(C([2H])([2H])[2H])(C([2H])([2H])[2H])C([2H])([2H])[2H])c4O)n5-c4ccc(CC(C)C)cc4-c4ccccc4)cc(C(C)(C)C)c3)c2)cc1. The number of hydrogen-bond acceptors (Lipinski definition) is 3. The molecule has 2 heterocycles. The highest BCUT2D eigenvalue weighted by Crippen LogP contribution is 2.46. The minimum absolute atomic E-state index is 0.183. The maximum absolute atomic E-state index is 13.1. The molecule has 0 amide bonds. The number of benzene rings is 6. The van der Waals surface area contributed by atoms with Gasteiger partial charge >= 0.3 is 0 Å². The predicted molar refractivity (Wildman–Crippen MR) is 276 cm³/mol. The van der Waals surface area contributed by atoms with Crippen LogP contribution in [0.15, 0.2) is 140 Å². The van der Waals surface area contributed by atoms with Crippen LogP contribution in [0.25, 0.3) is 72.7 Å². The van der Waals surface area contributed by atoms with Gasteiger partial charge < -0.3 is 5.11 Å². The molecule has 4 nitrogen and oxygen atoms in total. The maximum Gasteiger partial charge on any atom is 0.149 e. The molecule has 8 rings (SSSR count). The van der Waals surface area contributed by atoms with Crippen LogP contribution >= 0.6 is 0 Å². The monoisotopic (exact) mass is 877 g/mol. The molecule has 0 atom stereocenters. The first-order valence-electron chi connectivity index (χ1n) is 31.3. The van der Waals surface area contributed by atoms with Crippen LogP contribution < -0.4 is 0 Å². The molecule has 65 heavy (non-hydrogen) atoms. The molecule has 4 heteroatoms.